The summed E-state index contributed by atoms with van der Waals surface area (Å²) in [5, 5.41) is 0. The molecule has 0 spiro atoms. The van der Waals surface area contributed by atoms with Crippen molar-refractivity contribution >= 4 is 11.7 Å². The smallest absolute Gasteiger partial charge is 0.361 e. The third-order valence-electron chi connectivity index (χ3n) is 0.913. The Morgan fingerprint density at radius 2 is 2.40 bits per heavy atom. The largest absolute Gasteiger partial charge is 0.455 e. The Labute approximate surface area is 57.1 Å². The van der Waals surface area contributed by atoms with Crippen LogP contribution in [-0.4, -0.2) is 16.5 Å². The molecule has 0 aliphatic carbocycles. The summed E-state index contributed by atoms with van der Waals surface area (Å²) < 4.78 is 11.1. The Balaban J connectivity index is 4.09. The van der Waals surface area contributed by atoms with Crippen LogP contribution in [0.25, 0.3) is 5.53 Å². The van der Waals surface area contributed by atoms with Gasteiger partial charge in [0, 0.05) is 4.53 Å². The highest BCUT2D eigenvalue weighted by Gasteiger charge is 2.21. The topological polar surface area (TPSA) is 62.7 Å². The molecule has 0 saturated carbocycles. The molecule has 0 amide bonds. The first-order valence-electron chi connectivity index (χ1n) is 2.80. The summed E-state index contributed by atoms with van der Waals surface area (Å²) in [6.07, 6.45) is 0.799. The summed E-state index contributed by atoms with van der Waals surface area (Å²) in [5.74, 6) is -1.23. The van der Waals surface area contributed by atoms with Crippen LogP contribution in [0.2, 0.25) is 0 Å². The minimum atomic E-state index is -1.23. The molecular formula is C5H7FN2O2. The molecule has 0 aliphatic rings. The first-order valence-corrected chi connectivity index (χ1v) is 2.80. The second-order valence-corrected chi connectivity index (χ2v) is 1.66. The third-order valence-corrected chi connectivity index (χ3v) is 0.913. The van der Waals surface area contributed by atoms with Crippen molar-refractivity contribution in [3.63, 3.8) is 0 Å². The van der Waals surface area contributed by atoms with Gasteiger partial charge in [0.2, 0.25) is 0 Å². The molecule has 0 heterocycles. The molecular weight excluding hydrogens is 139 g/mol. The van der Waals surface area contributed by atoms with Crippen molar-refractivity contribution in [1.29, 1.82) is 0 Å². The van der Waals surface area contributed by atoms with E-state index in [0.717, 1.165) is 0 Å². The predicted octanol–water partition coefficient (Wildman–Crippen LogP) is 0.885. The fraction of sp³-hybridized carbons (Fsp3) is 0.600. The molecule has 0 aliphatic heterocycles. The van der Waals surface area contributed by atoms with Gasteiger partial charge in [-0.05, 0) is 6.42 Å². The number of rotatable bonds is 3. The highest BCUT2D eigenvalue weighted by Crippen LogP contribution is 1.91. The van der Waals surface area contributed by atoms with Crippen LogP contribution < -0.4 is 0 Å². The van der Waals surface area contributed by atoms with E-state index in [1.54, 1.807) is 6.92 Å². The van der Waals surface area contributed by atoms with Gasteiger partial charge in [-0.3, -0.25) is 0 Å². The number of halogens is 1. The highest BCUT2D eigenvalue weighted by atomic mass is 19.3. The van der Waals surface area contributed by atoms with Gasteiger partial charge in [-0.2, -0.15) is 4.79 Å². The second-order valence-electron chi connectivity index (χ2n) is 1.66. The summed E-state index contributed by atoms with van der Waals surface area (Å²) in [5.41, 5.74) is 7.78. The molecule has 56 valence electrons. The Hall–Kier alpha value is -1.22. The number of carbonyl (C=O) groups is 1. The second kappa shape index (κ2) is 4.64. The maximum Gasteiger partial charge on any atom is 0.455 e. The van der Waals surface area contributed by atoms with Crippen LogP contribution in [0.5, 0.6) is 0 Å². The van der Waals surface area contributed by atoms with Crippen LogP contribution in [0.4, 0.5) is 4.53 Å². The lowest BCUT2D eigenvalue weighted by molar-refractivity contribution is -0.178. The number of hydrogen-bond donors (Lipinski definition) is 0. The normalized spacial score (nSPS) is 8.20. The zero-order valence-electron chi connectivity index (χ0n) is 5.50. The summed E-state index contributed by atoms with van der Waals surface area (Å²) in [7, 11) is 0. The number of hydrogen-bond acceptors (Lipinski definition) is 2. The van der Waals surface area contributed by atoms with E-state index >= 15 is 0 Å². The van der Waals surface area contributed by atoms with Gasteiger partial charge >= 0.3 is 11.7 Å². The SMILES string of the molecule is CCCC(=[N+]=[N-])C(=O)OF. The van der Waals surface area contributed by atoms with E-state index in [4.69, 9.17) is 5.53 Å². The van der Waals surface area contributed by atoms with Crippen molar-refractivity contribution < 1.29 is 19.1 Å². The molecule has 0 saturated heterocycles. The van der Waals surface area contributed by atoms with E-state index in [2.05, 4.69) is 9.73 Å². The molecule has 0 N–H and O–H groups in total. The van der Waals surface area contributed by atoms with Crippen molar-refractivity contribution in [2.24, 2.45) is 0 Å². The standard InChI is InChI=1S/C5H7FN2O2/c1-2-3-4(8-7)5(9)10-6/h2-3H2,1H3. The molecule has 0 atom stereocenters. The summed E-state index contributed by atoms with van der Waals surface area (Å²) >= 11 is 0. The molecule has 0 aromatic carbocycles. The monoisotopic (exact) mass is 146 g/mol. The Morgan fingerprint density at radius 1 is 1.80 bits per heavy atom. The van der Waals surface area contributed by atoms with E-state index in [0.29, 0.717) is 6.42 Å². The molecule has 0 radical (unpaired) electrons. The number of nitrogens with zero attached hydrogens (tertiary/aromatic N) is 2. The van der Waals surface area contributed by atoms with Crippen LogP contribution in [0, 0.1) is 0 Å². The maximum atomic E-state index is 11.1. The van der Waals surface area contributed by atoms with Crippen LogP contribution in [0.15, 0.2) is 0 Å². The summed E-state index contributed by atoms with van der Waals surface area (Å²) in [6.45, 7) is 1.76. The minimum absolute atomic E-state index is 0.208. The Bertz CT molecular complexity index is 174. The third kappa shape index (κ3) is 2.37. The van der Waals surface area contributed by atoms with E-state index in [9.17, 15) is 9.32 Å². The minimum Gasteiger partial charge on any atom is -0.361 e. The van der Waals surface area contributed by atoms with Crippen molar-refractivity contribution in [1.82, 2.24) is 0 Å². The fourth-order valence-electron chi connectivity index (χ4n) is 0.474. The Morgan fingerprint density at radius 3 is 2.70 bits per heavy atom. The quantitative estimate of drug-likeness (QED) is 0.337. The average Bonchev–Trinajstić information content (AvgIpc) is 1.99. The lowest BCUT2D eigenvalue weighted by atomic mass is 10.2. The molecule has 0 aromatic heterocycles. The first kappa shape index (κ1) is 8.78. The fourth-order valence-corrected chi connectivity index (χ4v) is 0.474. The molecule has 4 nitrogen and oxygen atoms in total. The van der Waals surface area contributed by atoms with Crippen LogP contribution in [0.3, 0.4) is 0 Å². The van der Waals surface area contributed by atoms with Gasteiger partial charge in [0.1, 0.15) is 0 Å². The molecule has 0 rings (SSSR count). The Kier molecular flexibility index (Phi) is 4.07. The molecule has 0 unspecified atom stereocenters. The molecule has 0 aromatic rings. The molecule has 5 heteroatoms. The average molecular weight is 146 g/mol. The van der Waals surface area contributed by atoms with Crippen molar-refractivity contribution in [2.45, 2.75) is 19.8 Å². The van der Waals surface area contributed by atoms with Gasteiger partial charge in [0.15, 0.2) is 0 Å². The van der Waals surface area contributed by atoms with Gasteiger partial charge in [0.05, 0.1) is 6.42 Å². The van der Waals surface area contributed by atoms with Crippen LogP contribution in [0.1, 0.15) is 19.8 Å². The molecule has 0 bridgehead atoms. The maximum absolute atomic E-state index is 11.1. The van der Waals surface area contributed by atoms with Crippen LogP contribution >= 0.6 is 0 Å². The van der Waals surface area contributed by atoms with Gasteiger partial charge in [-0.15, -0.1) is 0 Å². The van der Waals surface area contributed by atoms with Crippen molar-refractivity contribution in [3.05, 3.63) is 5.53 Å². The lowest BCUT2D eigenvalue weighted by Gasteiger charge is -1.85. The van der Waals surface area contributed by atoms with Gasteiger partial charge in [-0.25, -0.2) is 9.74 Å². The van der Waals surface area contributed by atoms with Gasteiger partial charge in [-0.1, -0.05) is 6.92 Å². The van der Waals surface area contributed by atoms with Crippen LogP contribution in [-0.2, 0) is 9.74 Å². The van der Waals surface area contributed by atoms with E-state index in [1.165, 1.54) is 0 Å². The molecule has 10 heavy (non-hydrogen) atoms. The van der Waals surface area contributed by atoms with Gasteiger partial charge < -0.3 is 5.53 Å². The van der Waals surface area contributed by atoms with E-state index in [-0.39, 0.29) is 12.1 Å². The zero-order valence-corrected chi connectivity index (χ0v) is 5.50. The van der Waals surface area contributed by atoms with E-state index < -0.39 is 5.97 Å². The van der Waals surface area contributed by atoms with E-state index in [1.807, 2.05) is 0 Å². The summed E-state index contributed by atoms with van der Waals surface area (Å²) in [6, 6.07) is 0. The zero-order chi connectivity index (χ0) is 7.98. The first-order chi connectivity index (χ1) is 4.76. The molecule has 0 fully saturated rings. The highest BCUT2D eigenvalue weighted by molar-refractivity contribution is 6.33. The number of carbonyl (C=O) groups excluding carboxylic acids is 1. The van der Waals surface area contributed by atoms with Gasteiger partial charge in [0.25, 0.3) is 0 Å². The lowest BCUT2D eigenvalue weighted by Crippen LogP contribution is -2.14. The van der Waals surface area contributed by atoms with Crippen molar-refractivity contribution in [3.8, 4) is 0 Å². The predicted molar refractivity (Wildman–Crippen MR) is 30.7 cm³/mol. The van der Waals surface area contributed by atoms with Crippen molar-refractivity contribution in [2.75, 3.05) is 0 Å². The summed E-state index contributed by atoms with van der Waals surface area (Å²) in [4.78, 5) is 15.6.